The normalized spacial score (nSPS) is 11.2. The van der Waals surface area contributed by atoms with Gasteiger partial charge in [0.15, 0.2) is 0 Å². The van der Waals surface area contributed by atoms with E-state index in [1.807, 2.05) is 29.0 Å². The quantitative estimate of drug-likeness (QED) is 0.663. The van der Waals surface area contributed by atoms with Crippen LogP contribution in [0.25, 0.3) is 5.52 Å². The standard InChI is InChI=1S/C14H22N4O/c1-19-10-8-15-6-4-7-16-11-13-12-17-18-9-3-2-5-14(13)18/h2-3,5,9,12,15-16H,4,6-8,10-11H2,1H3. The highest BCUT2D eigenvalue weighted by molar-refractivity contribution is 5.53. The van der Waals surface area contributed by atoms with E-state index in [-0.39, 0.29) is 0 Å². The number of pyridine rings is 1. The van der Waals surface area contributed by atoms with Gasteiger partial charge in [-0.1, -0.05) is 6.07 Å². The van der Waals surface area contributed by atoms with E-state index in [1.54, 1.807) is 7.11 Å². The Morgan fingerprint density at radius 1 is 1.21 bits per heavy atom. The molecule has 0 spiro atoms. The molecule has 2 aromatic rings. The van der Waals surface area contributed by atoms with Gasteiger partial charge in [0, 0.05) is 32.0 Å². The monoisotopic (exact) mass is 262 g/mol. The fourth-order valence-electron chi connectivity index (χ4n) is 1.98. The molecular weight excluding hydrogens is 240 g/mol. The van der Waals surface area contributed by atoms with E-state index in [1.165, 1.54) is 11.1 Å². The van der Waals surface area contributed by atoms with Crippen LogP contribution in [0, 0.1) is 0 Å². The fourth-order valence-corrected chi connectivity index (χ4v) is 1.98. The first kappa shape index (κ1) is 14.0. The van der Waals surface area contributed by atoms with Gasteiger partial charge in [0.1, 0.15) is 0 Å². The van der Waals surface area contributed by atoms with E-state index in [4.69, 9.17) is 4.74 Å². The topological polar surface area (TPSA) is 50.6 Å². The van der Waals surface area contributed by atoms with Crippen LogP contribution < -0.4 is 10.6 Å². The number of hydrogen-bond acceptors (Lipinski definition) is 4. The van der Waals surface area contributed by atoms with Crippen LogP contribution in [0.4, 0.5) is 0 Å². The molecule has 0 saturated heterocycles. The van der Waals surface area contributed by atoms with Gasteiger partial charge >= 0.3 is 0 Å². The van der Waals surface area contributed by atoms with E-state index in [9.17, 15) is 0 Å². The predicted molar refractivity (Wildman–Crippen MR) is 76.3 cm³/mol. The molecule has 2 N–H and O–H groups in total. The molecule has 0 saturated carbocycles. The number of methoxy groups -OCH3 is 1. The number of nitrogens with zero attached hydrogens (tertiary/aromatic N) is 2. The number of aromatic nitrogens is 2. The number of hydrogen-bond donors (Lipinski definition) is 2. The molecule has 104 valence electrons. The average molecular weight is 262 g/mol. The summed E-state index contributed by atoms with van der Waals surface area (Å²) in [7, 11) is 1.72. The first-order chi connectivity index (χ1) is 9.42. The maximum absolute atomic E-state index is 4.97. The number of rotatable bonds is 9. The Labute approximate surface area is 114 Å². The summed E-state index contributed by atoms with van der Waals surface area (Å²) in [5.74, 6) is 0. The van der Waals surface area contributed by atoms with Gasteiger partial charge in [-0.2, -0.15) is 5.10 Å². The van der Waals surface area contributed by atoms with E-state index in [0.717, 1.165) is 39.2 Å². The van der Waals surface area contributed by atoms with E-state index >= 15 is 0 Å². The molecule has 0 radical (unpaired) electrons. The van der Waals surface area contributed by atoms with Gasteiger partial charge in [-0.15, -0.1) is 0 Å². The Morgan fingerprint density at radius 2 is 2.11 bits per heavy atom. The minimum absolute atomic E-state index is 0.774. The minimum Gasteiger partial charge on any atom is -0.383 e. The second-order valence-electron chi connectivity index (χ2n) is 4.47. The molecule has 5 nitrogen and oxygen atoms in total. The number of ether oxygens (including phenoxy) is 1. The fraction of sp³-hybridized carbons (Fsp3) is 0.500. The lowest BCUT2D eigenvalue weighted by Gasteiger charge is -2.05. The molecule has 2 rings (SSSR count). The number of fused-ring (bicyclic) bond motifs is 1. The van der Waals surface area contributed by atoms with Crippen LogP contribution in [0.15, 0.2) is 30.6 Å². The maximum atomic E-state index is 4.97. The molecule has 0 fully saturated rings. The van der Waals surface area contributed by atoms with Crippen molar-refractivity contribution in [2.75, 3.05) is 33.4 Å². The third-order valence-electron chi connectivity index (χ3n) is 3.01. The van der Waals surface area contributed by atoms with Crippen LogP contribution in [-0.2, 0) is 11.3 Å². The van der Waals surface area contributed by atoms with E-state index < -0.39 is 0 Å². The van der Waals surface area contributed by atoms with Crippen molar-refractivity contribution in [2.24, 2.45) is 0 Å². The highest BCUT2D eigenvalue weighted by Gasteiger charge is 2.01. The first-order valence-corrected chi connectivity index (χ1v) is 6.73. The summed E-state index contributed by atoms with van der Waals surface area (Å²) in [6, 6.07) is 6.12. The molecule has 0 unspecified atom stereocenters. The SMILES string of the molecule is COCCNCCCNCc1cnn2ccccc12. The second-order valence-corrected chi connectivity index (χ2v) is 4.47. The Balaban J connectivity index is 1.63. The average Bonchev–Trinajstić information content (AvgIpc) is 2.85. The highest BCUT2D eigenvalue weighted by Crippen LogP contribution is 2.08. The Hall–Kier alpha value is -1.43. The van der Waals surface area contributed by atoms with E-state index in [2.05, 4.69) is 21.8 Å². The zero-order valence-electron chi connectivity index (χ0n) is 11.4. The molecule has 0 aromatic carbocycles. The van der Waals surface area contributed by atoms with Gasteiger partial charge in [0.25, 0.3) is 0 Å². The van der Waals surface area contributed by atoms with Gasteiger partial charge < -0.3 is 15.4 Å². The molecule has 0 aliphatic rings. The van der Waals surface area contributed by atoms with Crippen LogP contribution in [-0.4, -0.2) is 43.0 Å². The predicted octanol–water partition coefficient (Wildman–Crippen LogP) is 1.05. The molecule has 0 atom stereocenters. The highest BCUT2D eigenvalue weighted by atomic mass is 16.5. The largest absolute Gasteiger partial charge is 0.383 e. The van der Waals surface area contributed by atoms with Crippen molar-refractivity contribution < 1.29 is 4.74 Å². The molecular formula is C14H22N4O. The van der Waals surface area contributed by atoms with Gasteiger partial charge in [-0.05, 0) is 31.6 Å². The van der Waals surface area contributed by atoms with Gasteiger partial charge in [0.05, 0.1) is 18.3 Å². The lowest BCUT2D eigenvalue weighted by atomic mass is 10.2. The molecule has 5 heteroatoms. The van der Waals surface area contributed by atoms with Crippen LogP contribution >= 0.6 is 0 Å². The summed E-state index contributed by atoms with van der Waals surface area (Å²) in [5, 5.41) is 11.1. The van der Waals surface area contributed by atoms with Crippen molar-refractivity contribution in [1.29, 1.82) is 0 Å². The Kier molecular flexibility index (Phi) is 5.81. The zero-order chi connectivity index (χ0) is 13.3. The number of nitrogens with one attached hydrogen (secondary N) is 2. The lowest BCUT2D eigenvalue weighted by Crippen LogP contribution is -2.24. The van der Waals surface area contributed by atoms with Crippen LogP contribution in [0.3, 0.4) is 0 Å². The van der Waals surface area contributed by atoms with Crippen molar-refractivity contribution in [2.45, 2.75) is 13.0 Å². The lowest BCUT2D eigenvalue weighted by molar-refractivity contribution is 0.199. The third kappa shape index (κ3) is 4.31. The summed E-state index contributed by atoms with van der Waals surface area (Å²) >= 11 is 0. The van der Waals surface area contributed by atoms with Crippen molar-refractivity contribution in [3.05, 3.63) is 36.2 Å². The first-order valence-electron chi connectivity index (χ1n) is 6.73. The molecule has 0 bridgehead atoms. The summed E-state index contributed by atoms with van der Waals surface area (Å²) in [6.07, 6.45) is 5.01. The summed E-state index contributed by atoms with van der Waals surface area (Å²) < 4.78 is 6.88. The van der Waals surface area contributed by atoms with Gasteiger partial charge in [-0.3, -0.25) is 0 Å². The maximum Gasteiger partial charge on any atom is 0.0706 e. The summed E-state index contributed by atoms with van der Waals surface area (Å²) in [5.41, 5.74) is 2.42. The van der Waals surface area contributed by atoms with E-state index in [0.29, 0.717) is 0 Å². The molecule has 2 heterocycles. The van der Waals surface area contributed by atoms with Gasteiger partial charge in [-0.25, -0.2) is 4.52 Å². The smallest absolute Gasteiger partial charge is 0.0706 e. The molecule has 0 aliphatic heterocycles. The summed E-state index contributed by atoms with van der Waals surface area (Å²) in [6.45, 7) is 4.58. The Bertz CT molecular complexity index is 483. The van der Waals surface area contributed by atoms with Gasteiger partial charge in [0.2, 0.25) is 0 Å². The van der Waals surface area contributed by atoms with Crippen molar-refractivity contribution in [3.63, 3.8) is 0 Å². The van der Waals surface area contributed by atoms with Crippen molar-refractivity contribution in [3.8, 4) is 0 Å². The minimum atomic E-state index is 0.774. The second kappa shape index (κ2) is 7.89. The van der Waals surface area contributed by atoms with Crippen LogP contribution in [0.5, 0.6) is 0 Å². The zero-order valence-corrected chi connectivity index (χ0v) is 11.4. The third-order valence-corrected chi connectivity index (χ3v) is 3.01. The van der Waals surface area contributed by atoms with Crippen LogP contribution in [0.2, 0.25) is 0 Å². The van der Waals surface area contributed by atoms with Crippen molar-refractivity contribution in [1.82, 2.24) is 20.2 Å². The van der Waals surface area contributed by atoms with Crippen molar-refractivity contribution >= 4 is 5.52 Å². The molecule has 2 aromatic heterocycles. The van der Waals surface area contributed by atoms with Crippen LogP contribution in [0.1, 0.15) is 12.0 Å². The molecule has 19 heavy (non-hydrogen) atoms. The molecule has 0 amide bonds. The molecule has 0 aliphatic carbocycles. The Morgan fingerprint density at radius 3 is 3.00 bits per heavy atom. The summed E-state index contributed by atoms with van der Waals surface area (Å²) in [4.78, 5) is 0.